The number of carboxylic acids is 1. The Balaban J connectivity index is 1.71. The van der Waals surface area contributed by atoms with Gasteiger partial charge in [-0.05, 0) is 84.0 Å². The molecule has 0 atom stereocenters. The van der Waals surface area contributed by atoms with E-state index in [1.807, 2.05) is 10.6 Å². The maximum Gasteiger partial charge on any atom is 0.417 e. The van der Waals surface area contributed by atoms with Crippen molar-refractivity contribution in [3.05, 3.63) is 88.2 Å². The van der Waals surface area contributed by atoms with Crippen molar-refractivity contribution in [1.29, 1.82) is 0 Å². The van der Waals surface area contributed by atoms with E-state index in [1.165, 1.54) is 7.11 Å². The molecule has 4 aromatic rings. The average molecular weight is 550 g/mol. The predicted molar refractivity (Wildman–Crippen MR) is 146 cm³/mol. The quantitative estimate of drug-likeness (QED) is 0.259. The number of halogens is 4. The summed E-state index contributed by atoms with van der Waals surface area (Å²) in [5.41, 5.74) is 2.57. The van der Waals surface area contributed by atoms with Crippen LogP contribution >= 0.6 is 0 Å². The standard InChI is InChI=1S/C32H27F4NO3/c1-40-22-11-13-23-20(15-22)14-21(29-25(32(34,35)36)8-5-9-26(29)33)17-37-27-16-19(31(38)39)10-12-24(27)28(30(23)37)18-6-3-2-4-7-18/h5,8-16,18H,2-4,6-7,17H2,1H3,(H,38,39). The molecule has 0 radical (unpaired) electrons. The van der Waals surface area contributed by atoms with Crippen LogP contribution in [0.3, 0.4) is 0 Å². The van der Waals surface area contributed by atoms with E-state index in [4.69, 9.17) is 4.74 Å². The number of benzene rings is 3. The van der Waals surface area contributed by atoms with E-state index >= 15 is 4.39 Å². The molecule has 1 fully saturated rings. The van der Waals surface area contributed by atoms with Crippen molar-refractivity contribution in [1.82, 2.24) is 4.57 Å². The fraction of sp³-hybridized carbons (Fsp3) is 0.281. The number of ether oxygens (including phenoxy) is 1. The monoisotopic (exact) mass is 549 g/mol. The summed E-state index contributed by atoms with van der Waals surface area (Å²) in [6.07, 6.45) is 2.03. The molecule has 0 saturated heterocycles. The first-order valence-corrected chi connectivity index (χ1v) is 13.3. The van der Waals surface area contributed by atoms with Gasteiger partial charge in [0, 0.05) is 28.6 Å². The SMILES string of the molecule is COc1ccc2c(c1)C=C(c1c(F)cccc1C(F)(F)F)Cn1c-2c(C2CCCCC2)c2ccc(C(=O)O)cc21. The van der Waals surface area contributed by atoms with Crippen LogP contribution in [0.2, 0.25) is 0 Å². The maximum atomic E-state index is 15.3. The molecule has 0 unspecified atom stereocenters. The van der Waals surface area contributed by atoms with Gasteiger partial charge < -0.3 is 14.4 Å². The Hall–Kier alpha value is -4.07. The molecule has 206 valence electrons. The highest BCUT2D eigenvalue weighted by Gasteiger charge is 2.37. The molecule has 3 aromatic carbocycles. The van der Waals surface area contributed by atoms with E-state index in [0.29, 0.717) is 16.8 Å². The number of carbonyl (C=O) groups is 1. The Morgan fingerprint density at radius 2 is 1.80 bits per heavy atom. The van der Waals surface area contributed by atoms with E-state index in [-0.39, 0.29) is 23.6 Å². The third kappa shape index (κ3) is 4.35. The lowest BCUT2D eigenvalue weighted by atomic mass is 9.81. The Morgan fingerprint density at radius 1 is 1.02 bits per heavy atom. The number of fused-ring (bicyclic) bond motifs is 5. The van der Waals surface area contributed by atoms with Crippen molar-refractivity contribution in [2.24, 2.45) is 0 Å². The van der Waals surface area contributed by atoms with Gasteiger partial charge in [0.1, 0.15) is 11.6 Å². The zero-order valence-corrected chi connectivity index (χ0v) is 21.8. The molecular formula is C32H27F4NO3. The molecule has 2 aliphatic rings. The van der Waals surface area contributed by atoms with Crippen molar-refractivity contribution in [2.45, 2.75) is 50.7 Å². The molecule has 1 saturated carbocycles. The molecule has 1 N–H and O–H groups in total. The van der Waals surface area contributed by atoms with Crippen molar-refractivity contribution < 1.29 is 32.2 Å². The number of alkyl halides is 3. The van der Waals surface area contributed by atoms with Crippen LogP contribution in [0, 0.1) is 5.82 Å². The van der Waals surface area contributed by atoms with E-state index in [1.54, 1.807) is 36.4 Å². The van der Waals surface area contributed by atoms with Gasteiger partial charge in [-0.2, -0.15) is 13.2 Å². The third-order valence-electron chi connectivity index (χ3n) is 8.18. The minimum Gasteiger partial charge on any atom is -0.497 e. The summed E-state index contributed by atoms with van der Waals surface area (Å²) in [5, 5.41) is 10.6. The highest BCUT2D eigenvalue weighted by Crippen LogP contribution is 2.48. The summed E-state index contributed by atoms with van der Waals surface area (Å²) in [6.45, 7) is -0.0668. The topological polar surface area (TPSA) is 51.5 Å². The predicted octanol–water partition coefficient (Wildman–Crippen LogP) is 8.77. The van der Waals surface area contributed by atoms with Crippen LogP contribution < -0.4 is 4.74 Å². The van der Waals surface area contributed by atoms with Crippen LogP contribution in [0.25, 0.3) is 33.8 Å². The number of rotatable bonds is 4. The van der Waals surface area contributed by atoms with Crippen LogP contribution in [0.15, 0.2) is 54.6 Å². The van der Waals surface area contributed by atoms with Crippen molar-refractivity contribution in [3.63, 3.8) is 0 Å². The zero-order valence-electron chi connectivity index (χ0n) is 21.8. The third-order valence-corrected chi connectivity index (χ3v) is 8.18. The minimum atomic E-state index is -4.77. The molecule has 2 heterocycles. The average Bonchev–Trinajstić information content (AvgIpc) is 3.15. The molecule has 4 nitrogen and oxygen atoms in total. The smallest absolute Gasteiger partial charge is 0.417 e. The number of aromatic nitrogens is 1. The Kier molecular flexibility index (Phi) is 6.44. The van der Waals surface area contributed by atoms with Gasteiger partial charge in [0.2, 0.25) is 0 Å². The van der Waals surface area contributed by atoms with Crippen LogP contribution in [-0.4, -0.2) is 22.8 Å². The van der Waals surface area contributed by atoms with Crippen LogP contribution in [0.1, 0.15) is 70.6 Å². The number of methoxy groups -OCH3 is 1. The van der Waals surface area contributed by atoms with Crippen molar-refractivity contribution >= 4 is 28.5 Å². The number of carboxylic acid groups (broad SMARTS) is 1. The van der Waals surface area contributed by atoms with Gasteiger partial charge in [-0.25, -0.2) is 9.18 Å². The fourth-order valence-corrected chi connectivity index (χ4v) is 6.41. The first-order valence-electron chi connectivity index (χ1n) is 13.3. The summed E-state index contributed by atoms with van der Waals surface area (Å²) >= 11 is 0. The molecule has 0 amide bonds. The van der Waals surface area contributed by atoms with E-state index < -0.39 is 29.1 Å². The molecule has 1 aliphatic carbocycles. The lowest BCUT2D eigenvalue weighted by Crippen LogP contribution is -2.12. The van der Waals surface area contributed by atoms with Gasteiger partial charge in [-0.15, -0.1) is 0 Å². The molecule has 0 bridgehead atoms. The first kappa shape index (κ1) is 26.2. The summed E-state index contributed by atoms with van der Waals surface area (Å²) in [7, 11) is 1.51. The largest absolute Gasteiger partial charge is 0.497 e. The Bertz CT molecular complexity index is 1680. The van der Waals surface area contributed by atoms with Crippen LogP contribution in [0.4, 0.5) is 17.6 Å². The normalized spacial score (nSPS) is 15.8. The first-order chi connectivity index (χ1) is 19.2. The van der Waals surface area contributed by atoms with Gasteiger partial charge in [0.15, 0.2) is 0 Å². The summed E-state index contributed by atoms with van der Waals surface area (Å²) in [6, 6.07) is 13.4. The maximum absolute atomic E-state index is 15.3. The second kappa shape index (κ2) is 9.84. The van der Waals surface area contributed by atoms with E-state index in [9.17, 15) is 23.1 Å². The second-order valence-electron chi connectivity index (χ2n) is 10.5. The zero-order chi connectivity index (χ0) is 28.2. The Morgan fingerprint density at radius 3 is 2.50 bits per heavy atom. The summed E-state index contributed by atoms with van der Waals surface area (Å²) in [4.78, 5) is 11.9. The van der Waals surface area contributed by atoms with Gasteiger partial charge in [-0.3, -0.25) is 0 Å². The number of nitrogens with zero attached hydrogens (tertiary/aromatic N) is 1. The number of aromatic carboxylic acids is 1. The molecule has 1 aromatic heterocycles. The fourth-order valence-electron chi connectivity index (χ4n) is 6.41. The van der Waals surface area contributed by atoms with Gasteiger partial charge >= 0.3 is 12.1 Å². The molecule has 6 rings (SSSR count). The number of hydrogen-bond acceptors (Lipinski definition) is 2. The summed E-state index contributed by atoms with van der Waals surface area (Å²) < 4.78 is 65.1. The Labute approximate surface area is 228 Å². The van der Waals surface area contributed by atoms with Crippen LogP contribution in [-0.2, 0) is 12.7 Å². The van der Waals surface area contributed by atoms with Gasteiger partial charge in [0.05, 0.1) is 23.9 Å². The lowest BCUT2D eigenvalue weighted by molar-refractivity contribution is -0.138. The van der Waals surface area contributed by atoms with Gasteiger partial charge in [-0.1, -0.05) is 31.4 Å². The van der Waals surface area contributed by atoms with E-state index in [0.717, 1.165) is 72.5 Å². The van der Waals surface area contributed by atoms with Crippen molar-refractivity contribution in [3.8, 4) is 17.0 Å². The number of hydrogen-bond donors (Lipinski definition) is 1. The van der Waals surface area contributed by atoms with Gasteiger partial charge in [0.25, 0.3) is 0 Å². The number of allylic oxidation sites excluding steroid dienone is 1. The minimum absolute atomic E-state index is 0.0668. The molecule has 40 heavy (non-hydrogen) atoms. The highest BCUT2D eigenvalue weighted by atomic mass is 19.4. The molecular weight excluding hydrogens is 522 g/mol. The molecule has 0 spiro atoms. The summed E-state index contributed by atoms with van der Waals surface area (Å²) in [5.74, 6) is -1.33. The second-order valence-corrected chi connectivity index (χ2v) is 10.5. The lowest BCUT2D eigenvalue weighted by Gasteiger charge is -2.24. The van der Waals surface area contributed by atoms with E-state index in [2.05, 4.69) is 0 Å². The molecule has 8 heteroatoms. The van der Waals surface area contributed by atoms with Crippen LogP contribution in [0.5, 0.6) is 5.75 Å². The highest BCUT2D eigenvalue weighted by molar-refractivity contribution is 6.01. The van der Waals surface area contributed by atoms with Crippen molar-refractivity contribution in [2.75, 3.05) is 7.11 Å². The molecule has 1 aliphatic heterocycles.